The second-order valence-electron chi connectivity index (χ2n) is 5.82. The Labute approximate surface area is 126 Å². The topological polar surface area (TPSA) is 75.8 Å². The van der Waals surface area contributed by atoms with Gasteiger partial charge in [0.25, 0.3) is 0 Å². The number of nitrogens with two attached hydrogens (primary N) is 1. The third-order valence-electron chi connectivity index (χ3n) is 3.93. The lowest BCUT2D eigenvalue weighted by Crippen LogP contribution is -2.47. The monoisotopic (exact) mass is 294 g/mol. The zero-order valence-corrected chi connectivity index (χ0v) is 13.3. The SMILES string of the molecule is COc1ccccc1CC(C)N(C)CCC(C)(N)C(=O)O. The lowest BCUT2D eigenvalue weighted by molar-refractivity contribution is -0.143. The van der Waals surface area contributed by atoms with Gasteiger partial charge in [-0.1, -0.05) is 18.2 Å². The van der Waals surface area contributed by atoms with Crippen LogP contribution in [0.5, 0.6) is 5.75 Å². The predicted octanol–water partition coefficient (Wildman–Crippen LogP) is 1.75. The molecule has 0 radical (unpaired) electrons. The maximum Gasteiger partial charge on any atom is 0.323 e. The van der Waals surface area contributed by atoms with Crippen molar-refractivity contribution in [2.24, 2.45) is 5.73 Å². The maximum absolute atomic E-state index is 11.0. The second-order valence-corrected chi connectivity index (χ2v) is 5.82. The van der Waals surface area contributed by atoms with E-state index in [1.807, 2.05) is 31.3 Å². The van der Waals surface area contributed by atoms with Gasteiger partial charge in [0.2, 0.25) is 0 Å². The summed E-state index contributed by atoms with van der Waals surface area (Å²) in [5.74, 6) is -0.0831. The lowest BCUT2D eigenvalue weighted by Gasteiger charge is -2.28. The summed E-state index contributed by atoms with van der Waals surface area (Å²) >= 11 is 0. The van der Waals surface area contributed by atoms with Crippen LogP contribution in [0.25, 0.3) is 0 Å². The van der Waals surface area contributed by atoms with Crippen LogP contribution in [-0.4, -0.2) is 48.3 Å². The fourth-order valence-corrected chi connectivity index (χ4v) is 2.08. The maximum atomic E-state index is 11.0. The van der Waals surface area contributed by atoms with Gasteiger partial charge in [-0.05, 0) is 45.4 Å². The van der Waals surface area contributed by atoms with Gasteiger partial charge >= 0.3 is 5.97 Å². The number of carbonyl (C=O) groups is 1. The molecule has 1 aromatic carbocycles. The summed E-state index contributed by atoms with van der Waals surface area (Å²) in [5.41, 5.74) is 5.72. The molecule has 0 aliphatic carbocycles. The van der Waals surface area contributed by atoms with E-state index in [0.717, 1.165) is 17.7 Å². The third-order valence-corrected chi connectivity index (χ3v) is 3.93. The number of rotatable bonds is 8. The van der Waals surface area contributed by atoms with E-state index in [4.69, 9.17) is 15.6 Å². The van der Waals surface area contributed by atoms with E-state index in [-0.39, 0.29) is 6.04 Å². The molecule has 3 N–H and O–H groups in total. The lowest BCUT2D eigenvalue weighted by atomic mass is 9.98. The second kappa shape index (κ2) is 7.43. The number of carboxylic acids is 1. The van der Waals surface area contributed by atoms with Gasteiger partial charge in [0.05, 0.1) is 7.11 Å². The molecule has 0 aliphatic heterocycles. The highest BCUT2D eigenvalue weighted by atomic mass is 16.5. The van der Waals surface area contributed by atoms with Gasteiger partial charge in [-0.15, -0.1) is 0 Å². The van der Waals surface area contributed by atoms with Crippen LogP contribution in [0.15, 0.2) is 24.3 Å². The quantitative estimate of drug-likeness (QED) is 0.764. The smallest absolute Gasteiger partial charge is 0.323 e. The van der Waals surface area contributed by atoms with E-state index < -0.39 is 11.5 Å². The summed E-state index contributed by atoms with van der Waals surface area (Å²) in [5, 5.41) is 9.04. The van der Waals surface area contributed by atoms with Gasteiger partial charge < -0.3 is 20.5 Å². The average Bonchev–Trinajstić information content (AvgIpc) is 2.45. The Kier molecular flexibility index (Phi) is 6.18. The fourth-order valence-electron chi connectivity index (χ4n) is 2.08. The summed E-state index contributed by atoms with van der Waals surface area (Å²) < 4.78 is 5.36. The van der Waals surface area contributed by atoms with Crippen molar-refractivity contribution in [3.63, 3.8) is 0 Å². The van der Waals surface area contributed by atoms with Crippen LogP contribution < -0.4 is 10.5 Å². The molecule has 0 amide bonds. The number of hydrogen-bond donors (Lipinski definition) is 2. The minimum atomic E-state index is -1.18. The van der Waals surface area contributed by atoms with Crippen LogP contribution in [0.2, 0.25) is 0 Å². The molecule has 5 heteroatoms. The predicted molar refractivity (Wildman–Crippen MR) is 83.6 cm³/mol. The van der Waals surface area contributed by atoms with Crippen molar-refractivity contribution >= 4 is 5.97 Å². The van der Waals surface area contributed by atoms with Crippen molar-refractivity contribution < 1.29 is 14.6 Å². The van der Waals surface area contributed by atoms with Gasteiger partial charge in [0, 0.05) is 12.6 Å². The Hall–Kier alpha value is -1.59. The highest BCUT2D eigenvalue weighted by Gasteiger charge is 2.28. The van der Waals surface area contributed by atoms with Gasteiger partial charge in [-0.25, -0.2) is 0 Å². The summed E-state index contributed by atoms with van der Waals surface area (Å²) in [6.07, 6.45) is 1.25. The van der Waals surface area contributed by atoms with Crippen molar-refractivity contribution in [3.8, 4) is 5.75 Å². The molecule has 1 aromatic rings. The molecule has 1 rings (SSSR count). The first kappa shape index (κ1) is 17.5. The molecule has 21 heavy (non-hydrogen) atoms. The van der Waals surface area contributed by atoms with Crippen LogP contribution in [0.4, 0.5) is 0 Å². The van der Waals surface area contributed by atoms with Crippen molar-refractivity contribution in [3.05, 3.63) is 29.8 Å². The van der Waals surface area contributed by atoms with Gasteiger partial charge in [0.15, 0.2) is 0 Å². The van der Waals surface area contributed by atoms with Crippen LogP contribution in [0.1, 0.15) is 25.8 Å². The molecule has 0 saturated heterocycles. The average molecular weight is 294 g/mol. The Balaban J connectivity index is 2.59. The van der Waals surface area contributed by atoms with E-state index >= 15 is 0 Å². The number of benzene rings is 1. The highest BCUT2D eigenvalue weighted by Crippen LogP contribution is 2.20. The van der Waals surface area contributed by atoms with Crippen LogP contribution in [0, 0.1) is 0 Å². The molecule has 0 heterocycles. The summed E-state index contributed by atoms with van der Waals surface area (Å²) in [6, 6.07) is 8.21. The first-order valence-corrected chi connectivity index (χ1v) is 7.12. The van der Waals surface area contributed by atoms with Crippen LogP contribution >= 0.6 is 0 Å². The van der Waals surface area contributed by atoms with E-state index in [1.165, 1.54) is 0 Å². The first-order valence-electron chi connectivity index (χ1n) is 7.12. The van der Waals surface area contributed by atoms with E-state index in [1.54, 1.807) is 14.0 Å². The van der Waals surface area contributed by atoms with E-state index in [0.29, 0.717) is 13.0 Å². The number of aliphatic carboxylic acids is 1. The zero-order valence-electron chi connectivity index (χ0n) is 13.3. The van der Waals surface area contributed by atoms with Crippen molar-refractivity contribution in [1.29, 1.82) is 0 Å². The first-order chi connectivity index (χ1) is 9.77. The minimum absolute atomic E-state index is 0.269. The van der Waals surface area contributed by atoms with E-state index in [2.05, 4.69) is 11.8 Å². The third kappa shape index (κ3) is 5.02. The molecule has 0 fully saturated rings. The van der Waals surface area contributed by atoms with Crippen LogP contribution in [0.3, 0.4) is 0 Å². The molecule has 2 atom stereocenters. The molecule has 118 valence electrons. The number of carboxylic acid groups (broad SMARTS) is 1. The summed E-state index contributed by atoms with van der Waals surface area (Å²) in [4.78, 5) is 13.1. The van der Waals surface area contributed by atoms with Gasteiger partial charge in [-0.2, -0.15) is 0 Å². The summed E-state index contributed by atoms with van der Waals surface area (Å²) in [7, 11) is 3.65. The molecule has 0 saturated carbocycles. The number of para-hydroxylation sites is 1. The van der Waals surface area contributed by atoms with Crippen molar-refractivity contribution in [1.82, 2.24) is 4.90 Å². The summed E-state index contributed by atoms with van der Waals surface area (Å²) in [6.45, 7) is 4.30. The number of methoxy groups -OCH3 is 1. The molecule has 0 spiro atoms. The van der Waals surface area contributed by atoms with Crippen LogP contribution in [-0.2, 0) is 11.2 Å². The molecular weight excluding hydrogens is 268 g/mol. The van der Waals surface area contributed by atoms with Crippen molar-refractivity contribution in [2.45, 2.75) is 38.3 Å². The van der Waals surface area contributed by atoms with E-state index in [9.17, 15) is 4.79 Å². The highest BCUT2D eigenvalue weighted by molar-refractivity contribution is 5.77. The molecular formula is C16H26N2O3. The molecule has 2 unspecified atom stereocenters. The standard InChI is InChI=1S/C16H26N2O3/c1-12(11-13-7-5-6-8-14(13)21-4)18(3)10-9-16(2,17)15(19)20/h5-8,12H,9-11,17H2,1-4H3,(H,19,20). The van der Waals surface area contributed by atoms with Crippen molar-refractivity contribution in [2.75, 3.05) is 20.7 Å². The normalized spacial score (nSPS) is 15.5. The molecule has 5 nitrogen and oxygen atoms in total. The Bertz CT molecular complexity index is 474. The Morgan fingerprint density at radius 2 is 2.10 bits per heavy atom. The number of nitrogens with zero attached hydrogens (tertiary/aromatic N) is 1. The Morgan fingerprint density at radius 1 is 1.48 bits per heavy atom. The van der Waals surface area contributed by atoms with Gasteiger partial charge in [0.1, 0.15) is 11.3 Å². The minimum Gasteiger partial charge on any atom is -0.496 e. The molecule has 0 aliphatic rings. The number of likely N-dealkylation sites (N-methyl/N-ethyl adjacent to an activating group) is 1. The fraction of sp³-hybridized carbons (Fsp3) is 0.562. The van der Waals surface area contributed by atoms with Gasteiger partial charge in [-0.3, -0.25) is 4.79 Å². The number of ether oxygens (including phenoxy) is 1. The molecule has 0 bridgehead atoms. The zero-order chi connectivity index (χ0) is 16.0. The Morgan fingerprint density at radius 3 is 2.67 bits per heavy atom. The largest absolute Gasteiger partial charge is 0.496 e. The number of hydrogen-bond acceptors (Lipinski definition) is 4. The molecule has 0 aromatic heterocycles.